The zero-order valence-corrected chi connectivity index (χ0v) is 10.8. The maximum atomic E-state index is 11.0. The number of benzene rings is 1. The minimum atomic E-state index is -1.06. The van der Waals surface area contributed by atoms with E-state index in [4.69, 9.17) is 19.5 Å². The predicted octanol–water partition coefficient (Wildman–Crippen LogP) is 1.75. The summed E-state index contributed by atoms with van der Waals surface area (Å²) in [4.78, 5) is 21.9. The van der Waals surface area contributed by atoms with Crippen LogP contribution in [-0.2, 0) is 14.3 Å². The molecule has 0 saturated carbocycles. The van der Waals surface area contributed by atoms with Crippen molar-refractivity contribution in [2.75, 3.05) is 7.11 Å². The smallest absolute Gasteiger partial charge is 0.308 e. The van der Waals surface area contributed by atoms with E-state index in [9.17, 15) is 9.59 Å². The van der Waals surface area contributed by atoms with Gasteiger partial charge in [0.2, 0.25) is 6.10 Å². The Morgan fingerprint density at radius 2 is 1.89 bits per heavy atom. The number of nitriles is 1. The van der Waals surface area contributed by atoms with Crippen LogP contribution in [0.3, 0.4) is 0 Å². The van der Waals surface area contributed by atoms with Gasteiger partial charge in [-0.05, 0) is 12.1 Å². The van der Waals surface area contributed by atoms with E-state index in [1.165, 1.54) is 33.1 Å². The van der Waals surface area contributed by atoms with Crippen LogP contribution in [0.2, 0.25) is 0 Å². The van der Waals surface area contributed by atoms with E-state index in [0.29, 0.717) is 11.3 Å². The first-order valence-electron chi connectivity index (χ1n) is 5.41. The van der Waals surface area contributed by atoms with Gasteiger partial charge in [0.05, 0.1) is 7.11 Å². The molecule has 0 fully saturated rings. The quantitative estimate of drug-likeness (QED) is 0.607. The molecule has 6 nitrogen and oxygen atoms in total. The Bertz CT molecular complexity index is 532. The highest BCUT2D eigenvalue weighted by molar-refractivity contribution is 5.70. The molecule has 1 aromatic carbocycles. The summed E-state index contributed by atoms with van der Waals surface area (Å²) in [5.74, 6) is -0.578. The fourth-order valence-electron chi connectivity index (χ4n) is 1.43. The zero-order valence-electron chi connectivity index (χ0n) is 10.8. The summed E-state index contributed by atoms with van der Waals surface area (Å²) in [5.41, 5.74) is 0.398. The maximum absolute atomic E-state index is 11.0. The van der Waals surface area contributed by atoms with Crippen LogP contribution in [0.5, 0.6) is 11.5 Å². The van der Waals surface area contributed by atoms with Crippen LogP contribution in [0.1, 0.15) is 25.5 Å². The second kappa shape index (κ2) is 6.40. The Balaban J connectivity index is 3.12. The normalized spacial score (nSPS) is 11.1. The summed E-state index contributed by atoms with van der Waals surface area (Å²) in [6.07, 6.45) is -1.06. The Morgan fingerprint density at radius 3 is 2.37 bits per heavy atom. The van der Waals surface area contributed by atoms with Crippen molar-refractivity contribution >= 4 is 11.9 Å². The summed E-state index contributed by atoms with van der Waals surface area (Å²) in [5, 5.41) is 8.96. The molecule has 0 aliphatic rings. The molecule has 1 rings (SSSR count). The summed E-state index contributed by atoms with van der Waals surface area (Å²) < 4.78 is 14.8. The van der Waals surface area contributed by atoms with Crippen LogP contribution in [0, 0.1) is 11.3 Å². The number of nitrogens with zero attached hydrogens (tertiary/aromatic N) is 1. The molecule has 0 aromatic heterocycles. The van der Waals surface area contributed by atoms with Gasteiger partial charge in [0, 0.05) is 19.4 Å². The van der Waals surface area contributed by atoms with Gasteiger partial charge in [-0.15, -0.1) is 0 Å². The lowest BCUT2D eigenvalue weighted by molar-refractivity contribution is -0.144. The van der Waals surface area contributed by atoms with Crippen LogP contribution in [-0.4, -0.2) is 19.0 Å². The molecular formula is C13H13NO5. The standard InChI is InChI=1S/C13H13NO5/c1-8(15)18-12-6-10(4-5-11(12)17-3)13(7-14)19-9(2)16/h4-6,13H,1-3H3/t13-/m1/s1. The minimum Gasteiger partial charge on any atom is -0.493 e. The first-order valence-corrected chi connectivity index (χ1v) is 5.41. The lowest BCUT2D eigenvalue weighted by atomic mass is 10.1. The highest BCUT2D eigenvalue weighted by atomic mass is 16.6. The number of rotatable bonds is 4. The number of hydrogen-bond acceptors (Lipinski definition) is 6. The van der Waals surface area contributed by atoms with Crippen molar-refractivity contribution in [1.82, 2.24) is 0 Å². The fraction of sp³-hybridized carbons (Fsp3) is 0.308. The van der Waals surface area contributed by atoms with Gasteiger partial charge in [-0.1, -0.05) is 6.07 Å². The Hall–Kier alpha value is -2.55. The van der Waals surface area contributed by atoms with Crippen molar-refractivity contribution in [3.8, 4) is 17.6 Å². The first-order chi connectivity index (χ1) is 8.97. The molecule has 19 heavy (non-hydrogen) atoms. The average Bonchev–Trinajstić information content (AvgIpc) is 2.35. The number of carbonyl (C=O) groups is 2. The van der Waals surface area contributed by atoms with E-state index in [-0.39, 0.29) is 5.75 Å². The van der Waals surface area contributed by atoms with Crippen molar-refractivity contribution in [2.45, 2.75) is 20.0 Å². The van der Waals surface area contributed by atoms with Crippen LogP contribution in [0.25, 0.3) is 0 Å². The summed E-state index contributed by atoms with van der Waals surface area (Å²) in [6.45, 7) is 2.46. The topological polar surface area (TPSA) is 85.6 Å². The lowest BCUT2D eigenvalue weighted by Crippen LogP contribution is -2.08. The lowest BCUT2D eigenvalue weighted by Gasteiger charge is -2.13. The third-order valence-electron chi connectivity index (χ3n) is 2.15. The minimum absolute atomic E-state index is 0.167. The number of esters is 2. The number of carbonyl (C=O) groups excluding carboxylic acids is 2. The molecule has 0 N–H and O–H groups in total. The van der Waals surface area contributed by atoms with Crippen molar-refractivity contribution < 1.29 is 23.8 Å². The summed E-state index contributed by atoms with van der Waals surface area (Å²) >= 11 is 0. The SMILES string of the molecule is COc1ccc([C@@H](C#N)OC(C)=O)cc1OC(C)=O. The van der Waals surface area contributed by atoms with Crippen molar-refractivity contribution in [3.63, 3.8) is 0 Å². The molecule has 6 heteroatoms. The number of methoxy groups -OCH3 is 1. The van der Waals surface area contributed by atoms with Crippen LogP contribution < -0.4 is 9.47 Å². The Kier molecular flexibility index (Phi) is 4.89. The number of ether oxygens (including phenoxy) is 3. The molecule has 0 aliphatic heterocycles. The first kappa shape index (κ1) is 14.5. The Morgan fingerprint density at radius 1 is 1.21 bits per heavy atom. The second-order valence-electron chi connectivity index (χ2n) is 3.62. The highest BCUT2D eigenvalue weighted by Gasteiger charge is 2.17. The van der Waals surface area contributed by atoms with Gasteiger partial charge >= 0.3 is 11.9 Å². The zero-order chi connectivity index (χ0) is 14.4. The maximum Gasteiger partial charge on any atom is 0.308 e. The van der Waals surface area contributed by atoms with Gasteiger partial charge in [0.15, 0.2) is 11.5 Å². The predicted molar refractivity (Wildman–Crippen MR) is 64.4 cm³/mol. The molecule has 0 unspecified atom stereocenters. The molecule has 0 spiro atoms. The van der Waals surface area contributed by atoms with Crippen molar-refractivity contribution in [3.05, 3.63) is 23.8 Å². The van der Waals surface area contributed by atoms with E-state index in [1.807, 2.05) is 6.07 Å². The van der Waals surface area contributed by atoms with Gasteiger partial charge in [-0.25, -0.2) is 0 Å². The van der Waals surface area contributed by atoms with Gasteiger partial charge in [-0.2, -0.15) is 5.26 Å². The molecule has 0 radical (unpaired) electrons. The summed E-state index contributed by atoms with van der Waals surface area (Å²) in [6, 6.07) is 6.36. The molecule has 0 heterocycles. The van der Waals surface area contributed by atoms with Crippen LogP contribution in [0.15, 0.2) is 18.2 Å². The van der Waals surface area contributed by atoms with Crippen LogP contribution in [0.4, 0.5) is 0 Å². The molecule has 1 aromatic rings. The van der Waals surface area contributed by atoms with Crippen LogP contribution >= 0.6 is 0 Å². The monoisotopic (exact) mass is 263 g/mol. The van der Waals surface area contributed by atoms with Crippen molar-refractivity contribution in [1.29, 1.82) is 5.26 Å². The van der Waals surface area contributed by atoms with Gasteiger partial charge in [0.1, 0.15) is 6.07 Å². The van der Waals surface area contributed by atoms with E-state index in [2.05, 4.69) is 0 Å². The molecule has 0 aliphatic carbocycles. The third kappa shape index (κ3) is 4.00. The van der Waals surface area contributed by atoms with E-state index in [0.717, 1.165) is 0 Å². The van der Waals surface area contributed by atoms with Gasteiger partial charge < -0.3 is 14.2 Å². The second-order valence-corrected chi connectivity index (χ2v) is 3.62. The molecule has 100 valence electrons. The molecule has 0 saturated heterocycles. The van der Waals surface area contributed by atoms with E-state index in [1.54, 1.807) is 6.07 Å². The summed E-state index contributed by atoms with van der Waals surface area (Å²) in [7, 11) is 1.43. The molecule has 0 amide bonds. The van der Waals surface area contributed by atoms with Crippen molar-refractivity contribution in [2.24, 2.45) is 0 Å². The third-order valence-corrected chi connectivity index (χ3v) is 2.15. The van der Waals surface area contributed by atoms with E-state index >= 15 is 0 Å². The molecular weight excluding hydrogens is 250 g/mol. The fourth-order valence-corrected chi connectivity index (χ4v) is 1.43. The molecule has 1 atom stereocenters. The van der Waals surface area contributed by atoms with Gasteiger partial charge in [0.25, 0.3) is 0 Å². The number of hydrogen-bond donors (Lipinski definition) is 0. The highest BCUT2D eigenvalue weighted by Crippen LogP contribution is 2.31. The van der Waals surface area contributed by atoms with E-state index < -0.39 is 18.0 Å². The Labute approximate surface area is 110 Å². The largest absolute Gasteiger partial charge is 0.493 e. The molecule has 0 bridgehead atoms. The average molecular weight is 263 g/mol. The van der Waals surface area contributed by atoms with Gasteiger partial charge in [-0.3, -0.25) is 9.59 Å².